The van der Waals surface area contributed by atoms with Gasteiger partial charge in [0.15, 0.2) is 0 Å². The number of pyridine rings is 3. The fraction of sp³-hybridized carbons (Fsp3) is 0.0250. The van der Waals surface area contributed by atoms with Crippen LogP contribution < -0.4 is 4.90 Å². The van der Waals surface area contributed by atoms with E-state index in [0.717, 1.165) is 67.4 Å². The van der Waals surface area contributed by atoms with Crippen LogP contribution in [0.15, 0.2) is 150 Å². The highest BCUT2D eigenvalue weighted by Crippen LogP contribution is 2.40. The third kappa shape index (κ3) is 4.15. The number of nitrogens with zero attached hydrogens (tertiary/aromatic N) is 5. The van der Waals surface area contributed by atoms with E-state index < -0.39 is 0 Å². The number of aromatic nitrogens is 4. The molecule has 0 fully saturated rings. The summed E-state index contributed by atoms with van der Waals surface area (Å²) in [5, 5.41) is 4.38. The Bertz CT molecular complexity index is 2550. The molecule has 218 valence electrons. The molecule has 0 saturated carbocycles. The van der Waals surface area contributed by atoms with Crippen LogP contribution in [0.4, 0.5) is 17.2 Å². The Kier molecular flexibility index (Phi) is 5.93. The Balaban J connectivity index is 1.25. The van der Waals surface area contributed by atoms with Crippen molar-refractivity contribution in [3.05, 3.63) is 151 Å². The molecule has 0 atom stereocenters. The minimum absolute atomic E-state index is 0.640. The number of fused-ring (bicyclic) bond motifs is 6. The van der Waals surface area contributed by atoms with Crippen molar-refractivity contribution in [1.29, 1.82) is 0 Å². The van der Waals surface area contributed by atoms with Crippen molar-refractivity contribution in [3.8, 4) is 17.1 Å². The van der Waals surface area contributed by atoms with Gasteiger partial charge in [0.1, 0.15) is 17.2 Å². The third-order valence-electron chi connectivity index (χ3n) is 8.55. The van der Waals surface area contributed by atoms with E-state index in [1.54, 1.807) is 0 Å². The van der Waals surface area contributed by atoms with Crippen LogP contribution in [0.2, 0.25) is 0 Å². The van der Waals surface area contributed by atoms with Gasteiger partial charge in [0.05, 0.1) is 16.7 Å². The third-order valence-corrected chi connectivity index (χ3v) is 8.55. The summed E-state index contributed by atoms with van der Waals surface area (Å²) < 4.78 is 8.58. The van der Waals surface area contributed by atoms with Gasteiger partial charge in [-0.1, -0.05) is 66.7 Å². The van der Waals surface area contributed by atoms with E-state index in [9.17, 15) is 0 Å². The molecule has 9 rings (SSSR count). The minimum atomic E-state index is 0.640. The summed E-state index contributed by atoms with van der Waals surface area (Å²) in [4.78, 5) is 16.8. The maximum atomic E-state index is 6.35. The smallest absolute Gasteiger partial charge is 0.227 e. The number of hydrogen-bond acceptors (Lipinski definition) is 5. The second-order valence-electron chi connectivity index (χ2n) is 11.4. The second-order valence-corrected chi connectivity index (χ2v) is 11.4. The molecule has 0 aliphatic rings. The molecule has 0 bridgehead atoms. The monoisotopic (exact) mass is 593 g/mol. The zero-order chi connectivity index (χ0) is 30.6. The first-order chi connectivity index (χ1) is 22.7. The summed E-state index contributed by atoms with van der Waals surface area (Å²) >= 11 is 0. The molecular formula is C40H27N5O. The summed E-state index contributed by atoms with van der Waals surface area (Å²) in [5.74, 6) is 1.67. The molecule has 0 N–H and O–H groups in total. The Hall–Kier alpha value is -6.27. The van der Waals surface area contributed by atoms with Crippen molar-refractivity contribution in [2.45, 2.75) is 6.92 Å². The topological polar surface area (TPSA) is 60.0 Å². The molecule has 46 heavy (non-hydrogen) atoms. The Morgan fingerprint density at radius 1 is 0.587 bits per heavy atom. The number of aryl methyl sites for hydroxylation is 1. The molecule has 0 saturated heterocycles. The lowest BCUT2D eigenvalue weighted by atomic mass is 10.1. The van der Waals surface area contributed by atoms with E-state index >= 15 is 0 Å². The number of anilines is 3. The van der Waals surface area contributed by atoms with Crippen LogP contribution in [0.1, 0.15) is 5.69 Å². The van der Waals surface area contributed by atoms with E-state index in [-0.39, 0.29) is 0 Å². The lowest BCUT2D eigenvalue weighted by Crippen LogP contribution is -2.12. The van der Waals surface area contributed by atoms with Crippen molar-refractivity contribution in [1.82, 2.24) is 19.5 Å². The van der Waals surface area contributed by atoms with Gasteiger partial charge in [-0.05, 0) is 79.7 Å². The standard InChI is InChI=1S/C40H27N5O/c1-26-20-22-32-31-14-9-15-33(39(31)46-40(32)42-26)34-16-10-19-38(43-34)44(27-11-3-2-4-12-27)28-21-23-30-29-13-5-6-17-35(29)45(36(30)25-28)37-18-7-8-24-41-37/h2-25H,1H3. The summed E-state index contributed by atoms with van der Waals surface area (Å²) in [6.07, 6.45) is 1.84. The van der Waals surface area contributed by atoms with Crippen LogP contribution in [0.5, 0.6) is 0 Å². The zero-order valence-electron chi connectivity index (χ0n) is 25.0. The zero-order valence-corrected chi connectivity index (χ0v) is 25.0. The molecule has 0 radical (unpaired) electrons. The lowest BCUT2D eigenvalue weighted by Gasteiger charge is -2.25. The number of benzene rings is 4. The summed E-state index contributed by atoms with van der Waals surface area (Å²) in [5.41, 5.74) is 8.28. The minimum Gasteiger partial charge on any atom is -0.437 e. The predicted molar refractivity (Wildman–Crippen MR) is 186 cm³/mol. The molecule has 6 heteroatoms. The summed E-state index contributed by atoms with van der Waals surface area (Å²) in [7, 11) is 0. The average molecular weight is 594 g/mol. The maximum absolute atomic E-state index is 6.35. The molecule has 4 aromatic carbocycles. The van der Waals surface area contributed by atoms with Gasteiger partial charge in [0.25, 0.3) is 0 Å². The normalized spacial score (nSPS) is 11.6. The SMILES string of the molecule is Cc1ccc2c(n1)oc1c(-c3cccc(N(c4ccccc4)c4ccc5c6ccccc6n(-c6ccccn6)c5c4)n3)cccc12. The first-order valence-electron chi connectivity index (χ1n) is 15.3. The van der Waals surface area contributed by atoms with Crippen LogP contribution in [0.25, 0.3) is 61.0 Å². The summed E-state index contributed by atoms with van der Waals surface area (Å²) in [6.45, 7) is 1.98. The van der Waals surface area contributed by atoms with Gasteiger partial charge in [0, 0.05) is 50.4 Å². The van der Waals surface area contributed by atoms with Crippen LogP contribution in [0, 0.1) is 6.92 Å². The van der Waals surface area contributed by atoms with E-state index in [2.05, 4.69) is 118 Å². The molecule has 5 heterocycles. The molecule has 6 nitrogen and oxygen atoms in total. The molecule has 5 aromatic heterocycles. The van der Waals surface area contributed by atoms with Gasteiger partial charge in [-0.15, -0.1) is 0 Å². The molecule has 9 aromatic rings. The Labute approximate surface area is 264 Å². The van der Waals surface area contributed by atoms with Gasteiger partial charge >= 0.3 is 0 Å². The van der Waals surface area contributed by atoms with Gasteiger partial charge in [-0.3, -0.25) is 9.47 Å². The van der Waals surface area contributed by atoms with Crippen molar-refractivity contribution >= 4 is 61.1 Å². The fourth-order valence-corrected chi connectivity index (χ4v) is 6.49. The van der Waals surface area contributed by atoms with Crippen LogP contribution in [-0.4, -0.2) is 19.5 Å². The highest BCUT2D eigenvalue weighted by atomic mass is 16.3. The van der Waals surface area contributed by atoms with Crippen LogP contribution in [0.3, 0.4) is 0 Å². The average Bonchev–Trinajstić information content (AvgIpc) is 3.64. The molecule has 0 unspecified atom stereocenters. The van der Waals surface area contributed by atoms with E-state index in [1.807, 2.05) is 49.5 Å². The highest BCUT2D eigenvalue weighted by Gasteiger charge is 2.20. The first-order valence-corrected chi connectivity index (χ1v) is 15.3. The van der Waals surface area contributed by atoms with Crippen molar-refractivity contribution in [3.63, 3.8) is 0 Å². The van der Waals surface area contributed by atoms with Gasteiger partial charge < -0.3 is 4.42 Å². The van der Waals surface area contributed by atoms with Crippen molar-refractivity contribution in [2.24, 2.45) is 0 Å². The Morgan fingerprint density at radius 3 is 2.26 bits per heavy atom. The van der Waals surface area contributed by atoms with Gasteiger partial charge in [-0.2, -0.15) is 0 Å². The van der Waals surface area contributed by atoms with Crippen LogP contribution in [-0.2, 0) is 0 Å². The number of furan rings is 1. The number of rotatable bonds is 5. The van der Waals surface area contributed by atoms with Gasteiger partial charge in [0.2, 0.25) is 5.71 Å². The second kappa shape index (κ2) is 10.4. The predicted octanol–water partition coefficient (Wildman–Crippen LogP) is 10.3. The number of hydrogen-bond donors (Lipinski definition) is 0. The molecule has 0 amide bonds. The fourth-order valence-electron chi connectivity index (χ4n) is 6.49. The highest BCUT2D eigenvalue weighted by molar-refractivity contribution is 6.10. The van der Waals surface area contributed by atoms with Gasteiger partial charge in [-0.25, -0.2) is 15.0 Å². The van der Waals surface area contributed by atoms with E-state index in [4.69, 9.17) is 14.4 Å². The number of para-hydroxylation sites is 3. The molecule has 0 spiro atoms. The van der Waals surface area contributed by atoms with E-state index in [1.165, 1.54) is 10.8 Å². The largest absolute Gasteiger partial charge is 0.437 e. The van der Waals surface area contributed by atoms with E-state index in [0.29, 0.717) is 5.71 Å². The lowest BCUT2D eigenvalue weighted by molar-refractivity contribution is 0.653. The van der Waals surface area contributed by atoms with Crippen LogP contribution >= 0.6 is 0 Å². The van der Waals surface area contributed by atoms with Crippen molar-refractivity contribution < 1.29 is 4.42 Å². The quantitative estimate of drug-likeness (QED) is 0.199. The maximum Gasteiger partial charge on any atom is 0.227 e. The molecule has 0 aliphatic heterocycles. The molecule has 0 aliphatic carbocycles. The Morgan fingerprint density at radius 2 is 1.37 bits per heavy atom. The van der Waals surface area contributed by atoms with Crippen molar-refractivity contribution in [2.75, 3.05) is 4.90 Å². The first kappa shape index (κ1) is 26.2. The summed E-state index contributed by atoms with van der Waals surface area (Å²) in [6, 6.07) is 47.9. The molecular weight excluding hydrogens is 566 g/mol.